The molecule has 8 heteroatoms. The molecule has 0 saturated heterocycles. The number of H-pyrrole nitrogens is 1. The summed E-state index contributed by atoms with van der Waals surface area (Å²) in [5.74, 6) is -0.419. The van der Waals surface area contributed by atoms with Gasteiger partial charge in [-0.15, -0.1) is 0 Å². The molecule has 0 aliphatic heterocycles. The van der Waals surface area contributed by atoms with Crippen LogP contribution in [0.2, 0.25) is 0 Å². The molecule has 2 rings (SSSR count). The van der Waals surface area contributed by atoms with Crippen molar-refractivity contribution in [1.29, 1.82) is 0 Å². The molecule has 1 aromatic heterocycles. The minimum Gasteiger partial charge on any atom is -0.336 e. The Morgan fingerprint density at radius 3 is 2.62 bits per heavy atom. The van der Waals surface area contributed by atoms with Gasteiger partial charge >= 0.3 is 0 Å². The third-order valence-electron chi connectivity index (χ3n) is 3.12. The lowest BCUT2D eigenvalue weighted by molar-refractivity contribution is -0.131. The smallest absolute Gasteiger partial charge is 0.251 e. The maximum Gasteiger partial charge on any atom is 0.251 e. The van der Waals surface area contributed by atoms with E-state index in [2.05, 4.69) is 15.3 Å². The summed E-state index contributed by atoms with van der Waals surface area (Å²) in [5, 5.41) is 3.11. The summed E-state index contributed by atoms with van der Waals surface area (Å²) in [5.41, 5.74) is 1.52. The first kappa shape index (κ1) is 17.7. The van der Waals surface area contributed by atoms with Crippen LogP contribution in [-0.2, 0) is 9.59 Å². The van der Waals surface area contributed by atoms with Crippen molar-refractivity contribution in [3.05, 3.63) is 52.4 Å². The van der Waals surface area contributed by atoms with E-state index in [1.807, 2.05) is 31.2 Å². The number of likely N-dealkylation sites (N-methyl/N-ethyl adjacent to an activating group) is 1. The molecule has 126 valence electrons. The third-order valence-corrected chi connectivity index (χ3v) is 3.99. The summed E-state index contributed by atoms with van der Waals surface area (Å²) >= 11 is 1.11. The lowest BCUT2D eigenvalue weighted by Gasteiger charge is -2.16. The van der Waals surface area contributed by atoms with Crippen molar-refractivity contribution in [3.63, 3.8) is 0 Å². The van der Waals surface area contributed by atoms with Crippen LogP contribution in [0.1, 0.15) is 5.56 Å². The molecule has 1 aromatic carbocycles. The van der Waals surface area contributed by atoms with Crippen molar-refractivity contribution < 1.29 is 9.59 Å². The van der Waals surface area contributed by atoms with Gasteiger partial charge in [0.05, 0.1) is 12.3 Å². The second-order valence-corrected chi connectivity index (χ2v) is 6.16. The first-order valence-electron chi connectivity index (χ1n) is 7.22. The predicted molar refractivity (Wildman–Crippen MR) is 93.0 cm³/mol. The average Bonchev–Trinajstić information content (AvgIpc) is 2.54. The number of hydrogen-bond acceptors (Lipinski definition) is 5. The summed E-state index contributed by atoms with van der Waals surface area (Å²) in [6.45, 7) is 1.91. The molecule has 0 aliphatic rings. The minimum atomic E-state index is -0.272. The number of aromatic amines is 1. The Labute approximate surface area is 143 Å². The molecule has 2 N–H and O–H groups in total. The maximum atomic E-state index is 12.0. The highest BCUT2D eigenvalue weighted by molar-refractivity contribution is 7.99. The van der Waals surface area contributed by atoms with Gasteiger partial charge in [0.15, 0.2) is 5.16 Å². The maximum absolute atomic E-state index is 12.0. The van der Waals surface area contributed by atoms with Crippen LogP contribution in [0.25, 0.3) is 0 Å². The van der Waals surface area contributed by atoms with Crippen LogP contribution in [0.5, 0.6) is 0 Å². The van der Waals surface area contributed by atoms with Crippen LogP contribution in [0, 0.1) is 6.92 Å². The van der Waals surface area contributed by atoms with Gasteiger partial charge in [0.25, 0.3) is 5.56 Å². The lowest BCUT2D eigenvalue weighted by Crippen LogP contribution is -2.36. The second kappa shape index (κ2) is 8.30. The van der Waals surface area contributed by atoms with Gasteiger partial charge < -0.3 is 15.2 Å². The van der Waals surface area contributed by atoms with Gasteiger partial charge in [-0.25, -0.2) is 4.98 Å². The molecule has 24 heavy (non-hydrogen) atoms. The van der Waals surface area contributed by atoms with E-state index in [0.29, 0.717) is 10.8 Å². The fourth-order valence-corrected chi connectivity index (χ4v) is 2.60. The molecule has 0 fully saturated rings. The van der Waals surface area contributed by atoms with Crippen LogP contribution < -0.4 is 10.9 Å². The SMILES string of the molecule is Cc1ccc(NC(=O)CN(C)C(=O)CSc2nccc(=O)[nH]2)cc1. The molecule has 0 saturated carbocycles. The number of rotatable bonds is 6. The number of benzene rings is 1. The number of nitrogens with one attached hydrogen (secondary N) is 2. The Hall–Kier alpha value is -2.61. The topological polar surface area (TPSA) is 95.2 Å². The van der Waals surface area contributed by atoms with Gasteiger partial charge in [-0.3, -0.25) is 14.4 Å². The zero-order chi connectivity index (χ0) is 17.5. The van der Waals surface area contributed by atoms with Crippen LogP contribution >= 0.6 is 11.8 Å². The lowest BCUT2D eigenvalue weighted by atomic mass is 10.2. The Morgan fingerprint density at radius 2 is 1.96 bits per heavy atom. The van der Waals surface area contributed by atoms with Crippen molar-refractivity contribution in [2.75, 3.05) is 24.7 Å². The Kier molecular flexibility index (Phi) is 6.14. The summed E-state index contributed by atoms with van der Waals surface area (Å²) in [6, 6.07) is 8.71. The minimum absolute atomic E-state index is 0.0496. The second-order valence-electron chi connectivity index (χ2n) is 5.19. The van der Waals surface area contributed by atoms with Gasteiger partial charge in [-0.05, 0) is 19.1 Å². The number of thioether (sulfide) groups is 1. The molecule has 0 radical (unpaired) electrons. The molecule has 0 bridgehead atoms. The zero-order valence-electron chi connectivity index (χ0n) is 13.4. The molecule has 0 spiro atoms. The summed E-state index contributed by atoms with van der Waals surface area (Å²) in [6.07, 6.45) is 1.38. The van der Waals surface area contributed by atoms with E-state index in [4.69, 9.17) is 0 Å². The monoisotopic (exact) mass is 346 g/mol. The quantitative estimate of drug-likeness (QED) is 0.607. The van der Waals surface area contributed by atoms with E-state index in [9.17, 15) is 14.4 Å². The van der Waals surface area contributed by atoms with Crippen LogP contribution in [-0.4, -0.2) is 46.0 Å². The highest BCUT2D eigenvalue weighted by atomic mass is 32.2. The van der Waals surface area contributed by atoms with E-state index in [1.165, 1.54) is 17.2 Å². The van der Waals surface area contributed by atoms with Crippen molar-refractivity contribution in [2.24, 2.45) is 0 Å². The number of carbonyl (C=O) groups is 2. The highest BCUT2D eigenvalue weighted by Gasteiger charge is 2.14. The fraction of sp³-hybridized carbons (Fsp3) is 0.250. The number of hydrogen-bond donors (Lipinski definition) is 2. The van der Waals surface area contributed by atoms with Gasteiger partial charge in [0, 0.05) is 25.0 Å². The first-order chi connectivity index (χ1) is 11.4. The molecule has 2 amide bonds. The number of aryl methyl sites for hydroxylation is 1. The summed E-state index contributed by atoms with van der Waals surface area (Å²) in [7, 11) is 1.55. The first-order valence-corrected chi connectivity index (χ1v) is 8.21. The molecule has 0 aliphatic carbocycles. The van der Waals surface area contributed by atoms with Crippen molar-refractivity contribution in [2.45, 2.75) is 12.1 Å². The molecular weight excluding hydrogens is 328 g/mol. The Morgan fingerprint density at radius 1 is 1.25 bits per heavy atom. The number of nitrogens with zero attached hydrogens (tertiary/aromatic N) is 2. The van der Waals surface area contributed by atoms with Crippen molar-refractivity contribution >= 4 is 29.3 Å². The molecule has 1 heterocycles. The molecular formula is C16H18N4O3S. The van der Waals surface area contributed by atoms with Gasteiger partial charge in [-0.2, -0.15) is 0 Å². The van der Waals surface area contributed by atoms with E-state index >= 15 is 0 Å². The van der Waals surface area contributed by atoms with E-state index in [1.54, 1.807) is 7.05 Å². The Bertz CT molecular complexity index is 773. The van der Waals surface area contributed by atoms with E-state index in [-0.39, 0.29) is 29.7 Å². The van der Waals surface area contributed by atoms with E-state index in [0.717, 1.165) is 17.3 Å². The largest absolute Gasteiger partial charge is 0.336 e. The number of carbonyl (C=O) groups excluding carboxylic acids is 2. The normalized spacial score (nSPS) is 10.2. The Balaban J connectivity index is 1.81. The van der Waals surface area contributed by atoms with Crippen LogP contribution in [0.3, 0.4) is 0 Å². The van der Waals surface area contributed by atoms with Crippen molar-refractivity contribution in [3.8, 4) is 0 Å². The summed E-state index contributed by atoms with van der Waals surface area (Å²) in [4.78, 5) is 43.0. The number of amides is 2. The molecule has 0 atom stereocenters. The molecule has 7 nitrogen and oxygen atoms in total. The van der Waals surface area contributed by atoms with Gasteiger partial charge in [0.2, 0.25) is 11.8 Å². The fourth-order valence-electron chi connectivity index (χ4n) is 1.81. The third kappa shape index (κ3) is 5.54. The predicted octanol–water partition coefficient (Wildman–Crippen LogP) is 1.27. The van der Waals surface area contributed by atoms with Gasteiger partial charge in [0.1, 0.15) is 0 Å². The molecule has 0 unspecified atom stereocenters. The number of aromatic nitrogens is 2. The highest BCUT2D eigenvalue weighted by Crippen LogP contribution is 2.11. The number of anilines is 1. The zero-order valence-corrected chi connectivity index (χ0v) is 14.2. The van der Waals surface area contributed by atoms with E-state index < -0.39 is 0 Å². The van der Waals surface area contributed by atoms with Crippen LogP contribution in [0.15, 0.2) is 46.5 Å². The standard InChI is InChI=1S/C16H18N4O3S/c1-11-3-5-12(6-4-11)18-14(22)9-20(2)15(23)10-24-16-17-8-7-13(21)19-16/h3-8H,9-10H2,1-2H3,(H,18,22)(H,17,19,21). The summed E-state index contributed by atoms with van der Waals surface area (Å²) < 4.78 is 0. The van der Waals surface area contributed by atoms with Gasteiger partial charge in [-0.1, -0.05) is 29.5 Å². The molecule has 2 aromatic rings. The average molecular weight is 346 g/mol. The van der Waals surface area contributed by atoms with Crippen molar-refractivity contribution in [1.82, 2.24) is 14.9 Å². The van der Waals surface area contributed by atoms with Crippen LogP contribution in [0.4, 0.5) is 5.69 Å².